The van der Waals surface area contributed by atoms with E-state index in [1.54, 1.807) is 0 Å². The minimum absolute atomic E-state index is 0.168. The normalized spacial score (nSPS) is 15.8. The van der Waals surface area contributed by atoms with Crippen molar-refractivity contribution < 1.29 is 24.3 Å². The van der Waals surface area contributed by atoms with E-state index in [0.717, 1.165) is 12.8 Å². The molecule has 2 aromatic rings. The van der Waals surface area contributed by atoms with Gasteiger partial charge in [-0.15, -0.1) is 0 Å². The van der Waals surface area contributed by atoms with Crippen molar-refractivity contribution in [2.45, 2.75) is 44.1 Å². The van der Waals surface area contributed by atoms with Crippen LogP contribution < -0.4 is 11.1 Å². The summed E-state index contributed by atoms with van der Waals surface area (Å²) in [5, 5.41) is 12.1. The lowest BCUT2D eigenvalue weighted by atomic mass is 9.82. The molecule has 1 atom stereocenters. The smallest absolute Gasteiger partial charge is 0.325 e. The van der Waals surface area contributed by atoms with Gasteiger partial charge in [0.15, 0.2) is 5.54 Å². The zero-order valence-corrected chi connectivity index (χ0v) is 18.4. The second kappa shape index (κ2) is 10.8. The van der Waals surface area contributed by atoms with Crippen LogP contribution in [0.15, 0.2) is 60.7 Å². The lowest BCUT2D eigenvalue weighted by Crippen LogP contribution is -2.45. The van der Waals surface area contributed by atoms with Gasteiger partial charge in [0.2, 0.25) is 5.91 Å². The summed E-state index contributed by atoms with van der Waals surface area (Å²) < 4.78 is 0. The number of aliphatic carboxylic acids is 1. The number of hydrogen-bond donors (Lipinski definition) is 3. The molecular formula is C25H29N3O5. The van der Waals surface area contributed by atoms with Crippen molar-refractivity contribution in [3.63, 3.8) is 0 Å². The Morgan fingerprint density at radius 3 is 1.97 bits per heavy atom. The number of carbonyl (C=O) groups is 4. The third kappa shape index (κ3) is 5.39. The average molecular weight is 452 g/mol. The molecule has 0 radical (unpaired) electrons. The number of imide groups is 1. The Kier molecular flexibility index (Phi) is 7.82. The first-order valence-electron chi connectivity index (χ1n) is 11.1. The molecule has 3 rings (SSSR count). The molecule has 1 aliphatic rings. The van der Waals surface area contributed by atoms with Gasteiger partial charge in [0.1, 0.15) is 0 Å². The molecule has 1 saturated heterocycles. The van der Waals surface area contributed by atoms with Crippen LogP contribution in [0.1, 0.15) is 49.7 Å². The summed E-state index contributed by atoms with van der Waals surface area (Å²) in [6.07, 6.45) is 2.89. The molecule has 1 heterocycles. The molecular weight excluding hydrogens is 422 g/mol. The minimum atomic E-state index is -1.26. The van der Waals surface area contributed by atoms with E-state index in [4.69, 9.17) is 10.8 Å². The summed E-state index contributed by atoms with van der Waals surface area (Å²) in [6.45, 7) is 0.274. The predicted molar refractivity (Wildman–Crippen MR) is 122 cm³/mol. The Balaban J connectivity index is 1.61. The zero-order chi connectivity index (χ0) is 23.8. The minimum Gasteiger partial charge on any atom is -0.481 e. The number of rotatable bonds is 12. The van der Waals surface area contributed by atoms with Crippen LogP contribution in [-0.4, -0.2) is 40.4 Å². The molecule has 1 aliphatic heterocycles. The Morgan fingerprint density at radius 1 is 0.909 bits per heavy atom. The van der Waals surface area contributed by atoms with Crippen LogP contribution in [-0.2, 0) is 19.9 Å². The van der Waals surface area contributed by atoms with E-state index in [2.05, 4.69) is 5.32 Å². The van der Waals surface area contributed by atoms with Crippen LogP contribution in [0, 0.1) is 5.92 Å². The van der Waals surface area contributed by atoms with Gasteiger partial charge in [0.25, 0.3) is 5.91 Å². The molecule has 8 nitrogen and oxygen atoms in total. The molecule has 4 N–H and O–H groups in total. The van der Waals surface area contributed by atoms with E-state index >= 15 is 0 Å². The highest BCUT2D eigenvalue weighted by molar-refractivity contribution is 6.09. The number of primary amides is 1. The Hall–Kier alpha value is -3.68. The first kappa shape index (κ1) is 24.0. The van der Waals surface area contributed by atoms with Crippen molar-refractivity contribution in [2.24, 2.45) is 11.7 Å². The first-order valence-corrected chi connectivity index (χ1v) is 11.1. The molecule has 2 aromatic carbocycles. The Labute approximate surface area is 192 Å². The summed E-state index contributed by atoms with van der Waals surface area (Å²) in [5.74, 6) is -2.73. The number of hydrogen-bond acceptors (Lipinski definition) is 4. The molecule has 0 saturated carbocycles. The number of carboxylic acids is 1. The number of nitrogens with zero attached hydrogens (tertiary/aromatic N) is 1. The highest BCUT2D eigenvalue weighted by Gasteiger charge is 2.53. The van der Waals surface area contributed by atoms with Gasteiger partial charge in [-0.25, -0.2) is 4.79 Å². The maximum Gasteiger partial charge on any atom is 0.325 e. The molecule has 1 fully saturated rings. The fraction of sp³-hybridized carbons (Fsp3) is 0.360. The van der Waals surface area contributed by atoms with Gasteiger partial charge in [-0.3, -0.25) is 19.3 Å². The number of urea groups is 1. The SMILES string of the molecule is NC(=O)CC(CCCCCCN1C(=O)NC(c2ccccc2)(c2ccccc2)C1=O)C(=O)O. The van der Waals surface area contributed by atoms with Crippen molar-refractivity contribution >= 4 is 23.8 Å². The molecule has 174 valence electrons. The number of unbranched alkanes of at least 4 members (excludes halogenated alkanes) is 3. The van der Waals surface area contributed by atoms with Gasteiger partial charge in [-0.05, 0) is 24.0 Å². The standard InChI is InChI=1S/C25H29N3O5/c26-21(29)17-18(22(30)31)11-5-1-2-10-16-28-23(32)25(27-24(28)33,19-12-6-3-7-13-19)20-14-8-4-9-15-20/h3-4,6-9,12-15,18H,1-2,5,10-11,16-17H2,(H2,26,29)(H,27,33)(H,30,31). The van der Waals surface area contributed by atoms with Crippen LogP contribution in [0.2, 0.25) is 0 Å². The van der Waals surface area contributed by atoms with Gasteiger partial charge in [-0.1, -0.05) is 79.9 Å². The molecule has 4 amide bonds. The van der Waals surface area contributed by atoms with Crippen LogP contribution in [0.4, 0.5) is 4.79 Å². The Bertz CT molecular complexity index is 954. The quantitative estimate of drug-likeness (QED) is 0.337. The van der Waals surface area contributed by atoms with Crippen molar-refractivity contribution in [2.75, 3.05) is 6.54 Å². The van der Waals surface area contributed by atoms with Crippen LogP contribution in [0.25, 0.3) is 0 Å². The third-order valence-corrected chi connectivity index (χ3v) is 6.00. The lowest BCUT2D eigenvalue weighted by molar-refractivity contribution is -0.144. The summed E-state index contributed by atoms with van der Waals surface area (Å²) in [5.41, 5.74) is 5.25. The number of nitrogens with one attached hydrogen (secondary N) is 1. The van der Waals surface area contributed by atoms with Gasteiger partial charge < -0.3 is 16.2 Å². The van der Waals surface area contributed by atoms with Crippen LogP contribution >= 0.6 is 0 Å². The summed E-state index contributed by atoms with van der Waals surface area (Å²) in [6, 6.07) is 18.0. The second-order valence-electron chi connectivity index (χ2n) is 8.28. The van der Waals surface area contributed by atoms with E-state index in [1.165, 1.54) is 4.90 Å². The number of carboxylic acid groups (broad SMARTS) is 1. The van der Waals surface area contributed by atoms with E-state index in [9.17, 15) is 19.2 Å². The lowest BCUT2D eigenvalue weighted by Gasteiger charge is -2.28. The Morgan fingerprint density at radius 2 is 1.45 bits per heavy atom. The number of amides is 4. The summed E-state index contributed by atoms with van der Waals surface area (Å²) >= 11 is 0. The van der Waals surface area contributed by atoms with Gasteiger partial charge in [0.05, 0.1) is 5.92 Å². The second-order valence-corrected chi connectivity index (χ2v) is 8.28. The van der Waals surface area contributed by atoms with Gasteiger partial charge in [0, 0.05) is 13.0 Å². The summed E-state index contributed by atoms with van der Waals surface area (Å²) in [7, 11) is 0. The fourth-order valence-corrected chi connectivity index (χ4v) is 4.28. The van der Waals surface area contributed by atoms with Gasteiger partial charge in [-0.2, -0.15) is 0 Å². The zero-order valence-electron chi connectivity index (χ0n) is 18.4. The molecule has 33 heavy (non-hydrogen) atoms. The molecule has 1 unspecified atom stereocenters. The predicted octanol–water partition coefficient (Wildman–Crippen LogP) is 3.01. The highest BCUT2D eigenvalue weighted by Crippen LogP contribution is 2.36. The first-order chi connectivity index (χ1) is 15.9. The van der Waals surface area contributed by atoms with Crippen molar-refractivity contribution in [1.29, 1.82) is 0 Å². The van der Waals surface area contributed by atoms with E-state index in [1.807, 2.05) is 60.7 Å². The molecule has 0 spiro atoms. The molecule has 0 aliphatic carbocycles. The third-order valence-electron chi connectivity index (χ3n) is 6.00. The highest BCUT2D eigenvalue weighted by atomic mass is 16.4. The van der Waals surface area contributed by atoms with Gasteiger partial charge >= 0.3 is 12.0 Å². The van der Waals surface area contributed by atoms with Crippen molar-refractivity contribution in [1.82, 2.24) is 10.2 Å². The topological polar surface area (TPSA) is 130 Å². The molecule has 0 aromatic heterocycles. The summed E-state index contributed by atoms with van der Waals surface area (Å²) in [4.78, 5) is 49.8. The number of benzene rings is 2. The van der Waals surface area contributed by atoms with Crippen molar-refractivity contribution in [3.8, 4) is 0 Å². The average Bonchev–Trinajstić information content (AvgIpc) is 3.06. The van der Waals surface area contributed by atoms with Crippen LogP contribution in [0.5, 0.6) is 0 Å². The van der Waals surface area contributed by atoms with Crippen LogP contribution in [0.3, 0.4) is 0 Å². The van der Waals surface area contributed by atoms with Crippen molar-refractivity contribution in [3.05, 3.63) is 71.8 Å². The number of nitrogens with two attached hydrogens (primary N) is 1. The fourth-order valence-electron chi connectivity index (χ4n) is 4.28. The molecule has 8 heteroatoms. The monoisotopic (exact) mass is 451 g/mol. The van der Waals surface area contributed by atoms with E-state index in [-0.39, 0.29) is 18.9 Å². The number of carbonyl (C=O) groups excluding carboxylic acids is 3. The largest absolute Gasteiger partial charge is 0.481 e. The van der Waals surface area contributed by atoms with E-state index < -0.39 is 29.4 Å². The molecule has 0 bridgehead atoms. The maximum atomic E-state index is 13.6. The maximum absolute atomic E-state index is 13.6. The van der Waals surface area contributed by atoms with E-state index in [0.29, 0.717) is 30.4 Å².